The molecule has 0 saturated carbocycles. The van der Waals surface area contributed by atoms with E-state index in [1.54, 1.807) is 18.2 Å². The summed E-state index contributed by atoms with van der Waals surface area (Å²) in [7, 11) is 0. The van der Waals surface area contributed by atoms with Crippen LogP contribution in [0.15, 0.2) is 18.2 Å². The molecule has 4 nitrogen and oxygen atoms in total. The minimum atomic E-state index is -0.524. The van der Waals surface area contributed by atoms with Crippen molar-refractivity contribution < 1.29 is 14.3 Å². The highest BCUT2D eigenvalue weighted by Gasteiger charge is 2.17. The molecule has 0 aliphatic carbocycles. The van der Waals surface area contributed by atoms with E-state index in [4.69, 9.17) is 32.7 Å². The van der Waals surface area contributed by atoms with E-state index in [0.29, 0.717) is 15.7 Å². The number of anilines is 1. The van der Waals surface area contributed by atoms with Gasteiger partial charge in [-0.3, -0.25) is 5.32 Å². The van der Waals surface area contributed by atoms with Crippen LogP contribution in [0.2, 0.25) is 10.0 Å². The summed E-state index contributed by atoms with van der Waals surface area (Å²) < 4.78 is 10.4. The second-order valence-corrected chi connectivity index (χ2v) is 4.80. The normalized spacial score (nSPS) is 18.7. The van der Waals surface area contributed by atoms with E-state index >= 15 is 0 Å². The van der Waals surface area contributed by atoms with Crippen LogP contribution < -0.4 is 5.32 Å². The van der Waals surface area contributed by atoms with Gasteiger partial charge in [0, 0.05) is 12.3 Å². The van der Waals surface area contributed by atoms with Gasteiger partial charge in [-0.1, -0.05) is 23.2 Å². The maximum absolute atomic E-state index is 11.5. The van der Waals surface area contributed by atoms with Crippen LogP contribution >= 0.6 is 23.2 Å². The molecule has 1 aromatic rings. The van der Waals surface area contributed by atoms with E-state index < -0.39 is 6.09 Å². The highest BCUT2D eigenvalue weighted by Crippen LogP contribution is 2.25. The third-order valence-electron chi connectivity index (χ3n) is 2.59. The van der Waals surface area contributed by atoms with Gasteiger partial charge in [-0.15, -0.1) is 0 Å². The van der Waals surface area contributed by atoms with Crippen molar-refractivity contribution in [2.24, 2.45) is 0 Å². The average molecular weight is 290 g/mol. The van der Waals surface area contributed by atoms with Gasteiger partial charge in [0.2, 0.25) is 0 Å². The molecule has 18 heavy (non-hydrogen) atoms. The third-order valence-corrected chi connectivity index (χ3v) is 3.33. The molecule has 1 amide bonds. The molecule has 1 fully saturated rings. The molecule has 98 valence electrons. The summed E-state index contributed by atoms with van der Waals surface area (Å²) in [6, 6.07) is 4.83. The van der Waals surface area contributed by atoms with Crippen LogP contribution in [0.25, 0.3) is 0 Å². The lowest BCUT2D eigenvalue weighted by Crippen LogP contribution is -2.21. The minimum absolute atomic E-state index is 0.0181. The van der Waals surface area contributed by atoms with E-state index in [2.05, 4.69) is 5.32 Å². The fourth-order valence-electron chi connectivity index (χ4n) is 1.67. The number of carbonyl (C=O) groups excluding carboxylic acids is 1. The van der Waals surface area contributed by atoms with E-state index in [9.17, 15) is 4.79 Å². The smallest absolute Gasteiger partial charge is 0.411 e. The summed E-state index contributed by atoms with van der Waals surface area (Å²) >= 11 is 11.6. The second-order valence-electron chi connectivity index (χ2n) is 3.99. The summed E-state index contributed by atoms with van der Waals surface area (Å²) in [6.45, 7) is 1.01. The summed E-state index contributed by atoms with van der Waals surface area (Å²) in [6.07, 6.45) is 1.44. The largest absolute Gasteiger partial charge is 0.447 e. The zero-order chi connectivity index (χ0) is 13.0. The highest BCUT2D eigenvalue weighted by atomic mass is 35.5. The van der Waals surface area contributed by atoms with Gasteiger partial charge in [0.25, 0.3) is 0 Å². The lowest BCUT2D eigenvalue weighted by molar-refractivity contribution is 0.0484. The topological polar surface area (TPSA) is 47.6 Å². The maximum atomic E-state index is 11.5. The van der Waals surface area contributed by atoms with Gasteiger partial charge in [0.1, 0.15) is 6.61 Å². The van der Waals surface area contributed by atoms with Gasteiger partial charge < -0.3 is 9.47 Å². The molecule has 0 bridgehead atoms. The number of nitrogens with one attached hydrogen (secondary N) is 1. The standard InChI is InChI=1S/C12H13Cl2NO3/c13-10-4-3-8(6-11(10)14)15-12(16)18-7-9-2-1-5-17-9/h3-4,6,9H,1-2,5,7H2,(H,15,16)/t9-/m0/s1. The van der Waals surface area contributed by atoms with Crippen molar-refractivity contribution in [3.05, 3.63) is 28.2 Å². The third kappa shape index (κ3) is 3.77. The Bertz CT molecular complexity index is 433. The lowest BCUT2D eigenvalue weighted by atomic mass is 10.2. The van der Waals surface area contributed by atoms with E-state index in [0.717, 1.165) is 19.4 Å². The minimum Gasteiger partial charge on any atom is -0.447 e. The van der Waals surface area contributed by atoms with Gasteiger partial charge in [-0.25, -0.2) is 4.79 Å². The summed E-state index contributed by atoms with van der Waals surface area (Å²) in [5, 5.41) is 3.40. The van der Waals surface area contributed by atoms with Crippen molar-refractivity contribution in [2.45, 2.75) is 18.9 Å². The van der Waals surface area contributed by atoms with Crippen molar-refractivity contribution in [1.29, 1.82) is 0 Å². The van der Waals surface area contributed by atoms with Gasteiger partial charge in [-0.2, -0.15) is 0 Å². The van der Waals surface area contributed by atoms with Crippen molar-refractivity contribution in [3.8, 4) is 0 Å². The van der Waals surface area contributed by atoms with E-state index in [1.807, 2.05) is 0 Å². The number of carbonyl (C=O) groups is 1. The van der Waals surface area contributed by atoms with Crippen LogP contribution in [0.3, 0.4) is 0 Å². The zero-order valence-electron chi connectivity index (χ0n) is 9.62. The first-order valence-electron chi connectivity index (χ1n) is 5.65. The van der Waals surface area contributed by atoms with Gasteiger partial charge in [0.05, 0.1) is 16.1 Å². The number of rotatable bonds is 3. The lowest BCUT2D eigenvalue weighted by Gasteiger charge is -2.11. The van der Waals surface area contributed by atoms with Crippen LogP contribution in [-0.2, 0) is 9.47 Å². The van der Waals surface area contributed by atoms with Crippen LogP contribution in [-0.4, -0.2) is 25.4 Å². The van der Waals surface area contributed by atoms with Crippen LogP contribution in [0.4, 0.5) is 10.5 Å². The number of halogens is 2. The zero-order valence-corrected chi connectivity index (χ0v) is 11.1. The first-order valence-corrected chi connectivity index (χ1v) is 6.41. The predicted molar refractivity (Wildman–Crippen MR) is 70.4 cm³/mol. The average Bonchev–Trinajstić information content (AvgIpc) is 2.84. The molecular weight excluding hydrogens is 277 g/mol. The number of hydrogen-bond acceptors (Lipinski definition) is 3. The molecule has 0 radical (unpaired) electrons. The summed E-state index contributed by atoms with van der Waals surface area (Å²) in [5.41, 5.74) is 0.543. The Kier molecular flexibility index (Phi) is 4.69. The van der Waals surface area contributed by atoms with Crippen LogP contribution in [0.1, 0.15) is 12.8 Å². The van der Waals surface area contributed by atoms with Crippen LogP contribution in [0.5, 0.6) is 0 Å². The molecular formula is C12H13Cl2NO3. The van der Waals surface area contributed by atoms with Crippen molar-refractivity contribution in [2.75, 3.05) is 18.5 Å². The summed E-state index contributed by atoms with van der Waals surface area (Å²) in [5.74, 6) is 0. The second kappa shape index (κ2) is 6.27. The maximum Gasteiger partial charge on any atom is 0.411 e. The van der Waals surface area contributed by atoms with Gasteiger partial charge in [0.15, 0.2) is 0 Å². The molecule has 1 aliphatic heterocycles. The molecule has 2 rings (SSSR count). The Morgan fingerprint density at radius 3 is 2.94 bits per heavy atom. The Balaban J connectivity index is 1.80. The fraction of sp³-hybridized carbons (Fsp3) is 0.417. The van der Waals surface area contributed by atoms with Gasteiger partial charge in [-0.05, 0) is 31.0 Å². The van der Waals surface area contributed by atoms with Crippen LogP contribution in [0, 0.1) is 0 Å². The highest BCUT2D eigenvalue weighted by molar-refractivity contribution is 6.42. The van der Waals surface area contributed by atoms with E-state index in [1.165, 1.54) is 0 Å². The molecule has 1 aromatic carbocycles. The Morgan fingerprint density at radius 1 is 1.44 bits per heavy atom. The SMILES string of the molecule is O=C(Nc1ccc(Cl)c(Cl)c1)OC[C@@H]1CCCO1. The van der Waals surface area contributed by atoms with Crippen molar-refractivity contribution in [1.82, 2.24) is 0 Å². The fourth-order valence-corrected chi connectivity index (χ4v) is 1.97. The number of amides is 1. The quantitative estimate of drug-likeness (QED) is 0.922. The number of ether oxygens (including phenoxy) is 2. The monoisotopic (exact) mass is 289 g/mol. The molecule has 0 aromatic heterocycles. The molecule has 1 heterocycles. The number of benzene rings is 1. The number of hydrogen-bond donors (Lipinski definition) is 1. The molecule has 1 atom stereocenters. The first-order chi connectivity index (χ1) is 8.65. The predicted octanol–water partition coefficient (Wildman–Crippen LogP) is 3.72. The first kappa shape index (κ1) is 13.5. The molecule has 1 N–H and O–H groups in total. The molecule has 1 aliphatic rings. The molecule has 0 spiro atoms. The molecule has 0 unspecified atom stereocenters. The molecule has 1 saturated heterocycles. The Hall–Kier alpha value is -0.970. The molecule has 6 heteroatoms. The van der Waals surface area contributed by atoms with Crippen molar-refractivity contribution >= 4 is 35.0 Å². The summed E-state index contributed by atoms with van der Waals surface area (Å²) in [4.78, 5) is 11.5. The van der Waals surface area contributed by atoms with E-state index in [-0.39, 0.29) is 12.7 Å². The van der Waals surface area contributed by atoms with Crippen molar-refractivity contribution in [3.63, 3.8) is 0 Å². The Morgan fingerprint density at radius 2 is 2.28 bits per heavy atom. The Labute approximate surface area is 115 Å². The van der Waals surface area contributed by atoms with Gasteiger partial charge >= 0.3 is 6.09 Å².